The number of benzene rings is 2. The van der Waals surface area contributed by atoms with E-state index in [1.54, 1.807) is 11.8 Å². The first-order valence-corrected chi connectivity index (χ1v) is 11.0. The fraction of sp³-hybridized carbons (Fsp3) is 0.333. The number of aromatic nitrogens is 3. The monoisotopic (exact) mass is 435 g/mol. The Bertz CT molecular complexity index is 928. The van der Waals surface area contributed by atoms with E-state index in [1.165, 1.54) is 5.56 Å². The lowest BCUT2D eigenvalue weighted by Gasteiger charge is -2.16. The van der Waals surface area contributed by atoms with Crippen LogP contribution in [0.5, 0.6) is 5.75 Å². The lowest BCUT2D eigenvalue weighted by molar-refractivity contribution is 0.210. The third-order valence-corrected chi connectivity index (χ3v) is 6.20. The van der Waals surface area contributed by atoms with Crippen LogP contribution < -0.4 is 4.74 Å². The van der Waals surface area contributed by atoms with Crippen molar-refractivity contribution in [3.8, 4) is 5.75 Å². The quantitative estimate of drug-likeness (QED) is 0.373. The van der Waals surface area contributed by atoms with Crippen LogP contribution in [0.25, 0.3) is 0 Å². The number of ether oxygens (including phenoxy) is 1. The van der Waals surface area contributed by atoms with Gasteiger partial charge in [0.1, 0.15) is 5.75 Å². The van der Waals surface area contributed by atoms with Gasteiger partial charge in [0.05, 0.1) is 10.0 Å². The predicted octanol–water partition coefficient (Wildman–Crippen LogP) is 6.60. The lowest BCUT2D eigenvalue weighted by atomic mass is 10.2. The molecule has 1 heterocycles. The molecule has 0 fully saturated rings. The zero-order chi connectivity index (χ0) is 20.1. The van der Waals surface area contributed by atoms with Crippen molar-refractivity contribution >= 4 is 35.0 Å². The SMILES string of the molecule is CCc1ccc(OC(C)c2nnc(SCc3ccc(Cl)c(Cl)c3)n2CC)cc1. The summed E-state index contributed by atoms with van der Waals surface area (Å²) in [5, 5.41) is 10.7. The molecule has 3 rings (SSSR count). The first kappa shape index (κ1) is 21.0. The maximum atomic E-state index is 6.10. The molecule has 148 valence electrons. The lowest BCUT2D eigenvalue weighted by Crippen LogP contribution is -2.12. The molecule has 28 heavy (non-hydrogen) atoms. The Balaban J connectivity index is 1.70. The predicted molar refractivity (Wildman–Crippen MR) is 117 cm³/mol. The molecule has 0 N–H and O–H groups in total. The van der Waals surface area contributed by atoms with Gasteiger partial charge in [-0.25, -0.2) is 0 Å². The Morgan fingerprint density at radius 3 is 2.36 bits per heavy atom. The van der Waals surface area contributed by atoms with Gasteiger partial charge in [-0.15, -0.1) is 10.2 Å². The van der Waals surface area contributed by atoms with Crippen LogP contribution in [0, 0.1) is 0 Å². The van der Waals surface area contributed by atoms with Gasteiger partial charge in [0.25, 0.3) is 0 Å². The standard InChI is InChI=1S/C21H23Cl2N3OS/c1-4-15-6-9-17(10-7-15)27-14(3)20-24-25-21(26(20)5-2)28-13-16-8-11-18(22)19(23)12-16/h6-12,14H,4-5,13H2,1-3H3. The number of nitrogens with zero attached hydrogens (tertiary/aromatic N) is 3. The van der Waals surface area contributed by atoms with Crippen molar-refractivity contribution in [3.05, 3.63) is 69.5 Å². The van der Waals surface area contributed by atoms with Crippen LogP contribution >= 0.6 is 35.0 Å². The number of rotatable bonds is 8. The van der Waals surface area contributed by atoms with Gasteiger partial charge in [0, 0.05) is 12.3 Å². The fourth-order valence-corrected chi connectivity index (χ4v) is 4.12. The van der Waals surface area contributed by atoms with Crippen LogP contribution in [0.3, 0.4) is 0 Å². The van der Waals surface area contributed by atoms with E-state index in [2.05, 4.69) is 40.7 Å². The third-order valence-electron chi connectivity index (χ3n) is 4.42. The minimum absolute atomic E-state index is 0.195. The first-order chi connectivity index (χ1) is 13.5. The Morgan fingerprint density at radius 1 is 1.00 bits per heavy atom. The van der Waals surface area contributed by atoms with Crippen LogP contribution in [0.1, 0.15) is 43.8 Å². The summed E-state index contributed by atoms with van der Waals surface area (Å²) in [4.78, 5) is 0. The van der Waals surface area contributed by atoms with E-state index in [1.807, 2.05) is 37.3 Å². The summed E-state index contributed by atoms with van der Waals surface area (Å²) in [7, 11) is 0. The number of aryl methyl sites for hydroxylation is 1. The molecule has 1 unspecified atom stereocenters. The molecule has 0 amide bonds. The molecule has 0 aliphatic carbocycles. The molecule has 1 atom stereocenters. The number of hydrogen-bond acceptors (Lipinski definition) is 4. The summed E-state index contributed by atoms with van der Waals surface area (Å²) < 4.78 is 8.17. The van der Waals surface area contributed by atoms with Crippen molar-refractivity contribution in [1.29, 1.82) is 0 Å². The minimum atomic E-state index is -0.195. The molecular weight excluding hydrogens is 413 g/mol. The zero-order valence-electron chi connectivity index (χ0n) is 16.2. The second kappa shape index (κ2) is 9.68. The van der Waals surface area contributed by atoms with Gasteiger partial charge in [-0.1, -0.05) is 60.1 Å². The number of hydrogen-bond donors (Lipinski definition) is 0. The second-order valence-electron chi connectivity index (χ2n) is 6.38. The topological polar surface area (TPSA) is 39.9 Å². The van der Waals surface area contributed by atoms with Gasteiger partial charge >= 0.3 is 0 Å². The summed E-state index contributed by atoms with van der Waals surface area (Å²) in [6.45, 7) is 6.99. The molecule has 0 saturated carbocycles. The second-order valence-corrected chi connectivity index (χ2v) is 8.14. The summed E-state index contributed by atoms with van der Waals surface area (Å²) in [5.74, 6) is 2.39. The highest BCUT2D eigenvalue weighted by Crippen LogP contribution is 2.29. The Hall–Kier alpha value is -1.69. The van der Waals surface area contributed by atoms with Crippen molar-refractivity contribution in [2.45, 2.75) is 50.8 Å². The minimum Gasteiger partial charge on any atom is -0.483 e. The summed E-state index contributed by atoms with van der Waals surface area (Å²) in [5.41, 5.74) is 2.38. The van der Waals surface area contributed by atoms with E-state index < -0.39 is 0 Å². The maximum Gasteiger partial charge on any atom is 0.191 e. The molecule has 0 aliphatic heterocycles. The summed E-state index contributed by atoms with van der Waals surface area (Å²) in [6.07, 6.45) is 0.818. The highest BCUT2D eigenvalue weighted by atomic mass is 35.5. The Kier molecular flexibility index (Phi) is 7.27. The molecule has 7 heteroatoms. The van der Waals surface area contributed by atoms with E-state index in [0.717, 1.165) is 41.0 Å². The molecule has 0 saturated heterocycles. The zero-order valence-corrected chi connectivity index (χ0v) is 18.5. The molecule has 0 bridgehead atoms. The average molecular weight is 436 g/mol. The van der Waals surface area contributed by atoms with E-state index in [4.69, 9.17) is 27.9 Å². The van der Waals surface area contributed by atoms with Gasteiger partial charge < -0.3 is 9.30 Å². The number of thioether (sulfide) groups is 1. The molecule has 0 radical (unpaired) electrons. The van der Waals surface area contributed by atoms with Gasteiger partial charge in [-0.05, 0) is 55.7 Å². The number of halogens is 2. The van der Waals surface area contributed by atoms with E-state index in [9.17, 15) is 0 Å². The van der Waals surface area contributed by atoms with Gasteiger partial charge in [0.2, 0.25) is 0 Å². The third kappa shape index (κ3) is 5.02. The molecule has 4 nitrogen and oxygen atoms in total. The highest BCUT2D eigenvalue weighted by molar-refractivity contribution is 7.98. The molecule has 3 aromatic rings. The Labute approximate surface area is 180 Å². The van der Waals surface area contributed by atoms with Gasteiger partial charge in [-0.2, -0.15) is 0 Å². The summed E-state index contributed by atoms with van der Waals surface area (Å²) >= 11 is 13.7. The van der Waals surface area contributed by atoms with Crippen LogP contribution in [0.4, 0.5) is 0 Å². The Morgan fingerprint density at radius 2 is 1.71 bits per heavy atom. The molecule has 1 aromatic heterocycles. The molecule has 0 spiro atoms. The van der Waals surface area contributed by atoms with E-state index in [-0.39, 0.29) is 6.10 Å². The van der Waals surface area contributed by atoms with E-state index in [0.29, 0.717) is 10.0 Å². The van der Waals surface area contributed by atoms with Crippen molar-refractivity contribution < 1.29 is 4.74 Å². The van der Waals surface area contributed by atoms with Crippen LogP contribution in [-0.2, 0) is 18.7 Å². The largest absolute Gasteiger partial charge is 0.483 e. The van der Waals surface area contributed by atoms with Crippen molar-refractivity contribution in [1.82, 2.24) is 14.8 Å². The first-order valence-electron chi connectivity index (χ1n) is 9.27. The van der Waals surface area contributed by atoms with Gasteiger partial charge in [0.15, 0.2) is 17.1 Å². The van der Waals surface area contributed by atoms with Gasteiger partial charge in [-0.3, -0.25) is 0 Å². The fourth-order valence-electron chi connectivity index (χ4n) is 2.84. The summed E-state index contributed by atoms with van der Waals surface area (Å²) in [6, 6.07) is 13.9. The highest BCUT2D eigenvalue weighted by Gasteiger charge is 2.19. The van der Waals surface area contributed by atoms with Crippen molar-refractivity contribution in [2.75, 3.05) is 0 Å². The molecule has 2 aromatic carbocycles. The average Bonchev–Trinajstić information content (AvgIpc) is 3.12. The van der Waals surface area contributed by atoms with Crippen LogP contribution in [0.2, 0.25) is 10.0 Å². The smallest absolute Gasteiger partial charge is 0.191 e. The van der Waals surface area contributed by atoms with Crippen LogP contribution in [0.15, 0.2) is 47.6 Å². The maximum absolute atomic E-state index is 6.10. The van der Waals surface area contributed by atoms with Crippen LogP contribution in [-0.4, -0.2) is 14.8 Å². The van der Waals surface area contributed by atoms with Crippen molar-refractivity contribution in [3.63, 3.8) is 0 Å². The molecular formula is C21H23Cl2N3OS. The van der Waals surface area contributed by atoms with Crippen molar-refractivity contribution in [2.24, 2.45) is 0 Å². The van der Waals surface area contributed by atoms with E-state index >= 15 is 0 Å². The normalized spacial score (nSPS) is 12.2. The molecule has 0 aliphatic rings.